The summed E-state index contributed by atoms with van der Waals surface area (Å²) in [6.07, 6.45) is 3.72. The van der Waals surface area contributed by atoms with Crippen molar-refractivity contribution < 1.29 is 14.3 Å². The molecule has 0 aliphatic rings. The van der Waals surface area contributed by atoms with Crippen LogP contribution in [-0.2, 0) is 9.53 Å². The minimum absolute atomic E-state index is 0.113. The van der Waals surface area contributed by atoms with Crippen LogP contribution in [0.25, 0.3) is 0 Å². The zero-order valence-electron chi connectivity index (χ0n) is 13.4. The zero-order chi connectivity index (χ0) is 16.8. The van der Waals surface area contributed by atoms with Crippen molar-refractivity contribution in [2.75, 3.05) is 18.9 Å². The van der Waals surface area contributed by atoms with Gasteiger partial charge in [0.1, 0.15) is 5.60 Å². The van der Waals surface area contributed by atoms with Gasteiger partial charge in [-0.05, 0) is 49.2 Å². The number of hydrogen-bond donors (Lipinski definition) is 1. The fraction of sp³-hybridized carbons (Fsp3) is 0.533. The molecule has 1 heterocycles. The quantitative estimate of drug-likeness (QED) is 0.860. The van der Waals surface area contributed by atoms with E-state index in [0.717, 1.165) is 4.47 Å². The fourth-order valence-electron chi connectivity index (χ4n) is 1.61. The first kappa shape index (κ1) is 18.4. The molecule has 0 unspecified atom stereocenters. The minimum Gasteiger partial charge on any atom is -0.444 e. The molecule has 0 radical (unpaired) electrons. The van der Waals surface area contributed by atoms with Crippen LogP contribution in [0.2, 0.25) is 0 Å². The predicted octanol–water partition coefficient (Wildman–Crippen LogP) is 3.43. The first-order valence-corrected chi connectivity index (χ1v) is 7.81. The molecule has 0 saturated heterocycles. The Morgan fingerprint density at radius 2 is 2.05 bits per heavy atom. The van der Waals surface area contributed by atoms with Gasteiger partial charge < -0.3 is 15.0 Å². The third-order valence-corrected chi connectivity index (χ3v) is 3.02. The summed E-state index contributed by atoms with van der Waals surface area (Å²) in [6.45, 7) is 5.91. The maximum Gasteiger partial charge on any atom is 0.410 e. The van der Waals surface area contributed by atoms with E-state index in [4.69, 9.17) is 4.74 Å². The number of hydrogen-bond acceptors (Lipinski definition) is 4. The van der Waals surface area contributed by atoms with Crippen LogP contribution >= 0.6 is 15.9 Å². The van der Waals surface area contributed by atoms with Gasteiger partial charge in [-0.15, -0.1) is 0 Å². The van der Waals surface area contributed by atoms with E-state index in [9.17, 15) is 9.59 Å². The van der Waals surface area contributed by atoms with E-state index in [-0.39, 0.29) is 12.0 Å². The average molecular weight is 372 g/mol. The molecule has 1 aromatic heterocycles. The van der Waals surface area contributed by atoms with Crippen LogP contribution in [-0.4, -0.2) is 41.1 Å². The Morgan fingerprint density at radius 3 is 2.64 bits per heavy atom. The lowest BCUT2D eigenvalue weighted by Gasteiger charge is -2.24. The first-order valence-electron chi connectivity index (χ1n) is 7.02. The van der Waals surface area contributed by atoms with Crippen molar-refractivity contribution >= 4 is 33.6 Å². The molecule has 7 heteroatoms. The molecule has 0 spiro atoms. The van der Waals surface area contributed by atoms with Crippen LogP contribution in [0.5, 0.6) is 0 Å². The molecule has 0 aliphatic heterocycles. The number of nitrogens with zero attached hydrogens (tertiary/aromatic N) is 2. The van der Waals surface area contributed by atoms with Crippen LogP contribution < -0.4 is 5.32 Å². The molecule has 0 bridgehead atoms. The largest absolute Gasteiger partial charge is 0.444 e. The van der Waals surface area contributed by atoms with Crippen molar-refractivity contribution in [2.24, 2.45) is 0 Å². The highest BCUT2D eigenvalue weighted by Gasteiger charge is 2.19. The Balaban J connectivity index is 2.31. The molecular formula is C15H22BrN3O3. The van der Waals surface area contributed by atoms with Crippen molar-refractivity contribution in [1.29, 1.82) is 0 Å². The highest BCUT2D eigenvalue weighted by Crippen LogP contribution is 2.14. The molecule has 0 aliphatic carbocycles. The second-order valence-electron chi connectivity index (χ2n) is 5.95. The van der Waals surface area contributed by atoms with Gasteiger partial charge in [0.2, 0.25) is 5.91 Å². The number of amides is 2. The van der Waals surface area contributed by atoms with Crippen molar-refractivity contribution in [3.05, 3.63) is 22.9 Å². The fourth-order valence-corrected chi connectivity index (χ4v) is 1.98. The summed E-state index contributed by atoms with van der Waals surface area (Å²) in [4.78, 5) is 29.0. The third kappa shape index (κ3) is 7.40. The number of pyridine rings is 1. The smallest absolute Gasteiger partial charge is 0.410 e. The number of ether oxygens (including phenoxy) is 1. The molecule has 6 nitrogen and oxygen atoms in total. The van der Waals surface area contributed by atoms with E-state index in [2.05, 4.69) is 26.2 Å². The van der Waals surface area contributed by atoms with E-state index in [1.807, 2.05) is 20.8 Å². The van der Waals surface area contributed by atoms with E-state index < -0.39 is 5.60 Å². The minimum atomic E-state index is -0.517. The maximum atomic E-state index is 11.8. The molecule has 0 saturated carbocycles. The highest BCUT2D eigenvalue weighted by atomic mass is 79.9. The zero-order valence-corrected chi connectivity index (χ0v) is 14.9. The summed E-state index contributed by atoms with van der Waals surface area (Å²) in [5, 5.41) is 2.76. The predicted molar refractivity (Wildman–Crippen MR) is 88.7 cm³/mol. The van der Waals surface area contributed by atoms with E-state index in [1.54, 1.807) is 25.5 Å². The average Bonchev–Trinajstić information content (AvgIpc) is 2.36. The Morgan fingerprint density at radius 1 is 1.36 bits per heavy atom. The first-order chi connectivity index (χ1) is 10.2. The second-order valence-corrected chi connectivity index (χ2v) is 6.86. The molecule has 0 fully saturated rings. The molecule has 1 N–H and O–H groups in total. The van der Waals surface area contributed by atoms with Crippen LogP contribution in [0.4, 0.5) is 10.5 Å². The lowest BCUT2D eigenvalue weighted by Crippen LogP contribution is -2.35. The summed E-state index contributed by atoms with van der Waals surface area (Å²) < 4.78 is 6.04. The van der Waals surface area contributed by atoms with E-state index in [0.29, 0.717) is 25.1 Å². The summed E-state index contributed by atoms with van der Waals surface area (Å²) in [6, 6.07) is 1.78. The lowest BCUT2D eigenvalue weighted by molar-refractivity contribution is -0.116. The number of carbonyl (C=O) groups is 2. The van der Waals surface area contributed by atoms with Gasteiger partial charge in [-0.1, -0.05) is 0 Å². The van der Waals surface area contributed by atoms with Gasteiger partial charge in [0.05, 0.1) is 11.9 Å². The molecule has 122 valence electrons. The molecule has 22 heavy (non-hydrogen) atoms. The molecule has 0 aromatic carbocycles. The Bertz CT molecular complexity index is 529. The molecule has 2 amide bonds. The Kier molecular flexibility index (Phi) is 6.80. The topological polar surface area (TPSA) is 71.5 Å². The molecule has 0 atom stereocenters. The van der Waals surface area contributed by atoms with Gasteiger partial charge in [0.15, 0.2) is 0 Å². The monoisotopic (exact) mass is 371 g/mol. The number of carbonyl (C=O) groups excluding carboxylic acids is 2. The van der Waals surface area contributed by atoms with Crippen molar-refractivity contribution in [3.8, 4) is 0 Å². The van der Waals surface area contributed by atoms with Crippen LogP contribution in [0.3, 0.4) is 0 Å². The van der Waals surface area contributed by atoms with Gasteiger partial charge in [-0.3, -0.25) is 9.78 Å². The van der Waals surface area contributed by atoms with Gasteiger partial charge >= 0.3 is 6.09 Å². The molecule has 1 aromatic rings. The Labute approximate surface area is 139 Å². The van der Waals surface area contributed by atoms with Crippen LogP contribution in [0, 0.1) is 0 Å². The van der Waals surface area contributed by atoms with Gasteiger partial charge in [-0.2, -0.15) is 0 Å². The number of halogens is 1. The van der Waals surface area contributed by atoms with Crippen LogP contribution in [0.1, 0.15) is 33.6 Å². The number of nitrogens with one attached hydrogen (secondary N) is 1. The summed E-state index contributed by atoms with van der Waals surface area (Å²) in [5.74, 6) is -0.113. The Hall–Kier alpha value is -1.63. The summed E-state index contributed by atoms with van der Waals surface area (Å²) in [7, 11) is 1.66. The SMILES string of the molecule is CN(CCCC(=O)Nc1cncc(Br)c1)C(=O)OC(C)(C)C. The number of aromatic nitrogens is 1. The molecule has 1 rings (SSSR count). The van der Waals surface area contributed by atoms with E-state index >= 15 is 0 Å². The van der Waals surface area contributed by atoms with Gasteiger partial charge in [-0.25, -0.2) is 4.79 Å². The summed E-state index contributed by atoms with van der Waals surface area (Å²) in [5.41, 5.74) is 0.121. The molecular weight excluding hydrogens is 350 g/mol. The normalized spacial score (nSPS) is 11.0. The van der Waals surface area contributed by atoms with E-state index in [1.165, 1.54) is 4.90 Å². The summed E-state index contributed by atoms with van der Waals surface area (Å²) >= 11 is 3.29. The van der Waals surface area contributed by atoms with Crippen molar-refractivity contribution in [1.82, 2.24) is 9.88 Å². The van der Waals surface area contributed by atoms with Crippen LogP contribution in [0.15, 0.2) is 22.9 Å². The van der Waals surface area contributed by atoms with Crippen molar-refractivity contribution in [3.63, 3.8) is 0 Å². The van der Waals surface area contributed by atoms with Gasteiger partial charge in [0, 0.05) is 30.7 Å². The number of anilines is 1. The highest BCUT2D eigenvalue weighted by molar-refractivity contribution is 9.10. The van der Waals surface area contributed by atoms with Gasteiger partial charge in [0.25, 0.3) is 0 Å². The second kappa shape index (κ2) is 8.12. The third-order valence-electron chi connectivity index (χ3n) is 2.59. The van der Waals surface area contributed by atoms with Crippen molar-refractivity contribution in [2.45, 2.75) is 39.2 Å². The number of rotatable bonds is 5. The lowest BCUT2D eigenvalue weighted by atomic mass is 10.2. The standard InChI is InChI=1S/C15H22BrN3O3/c1-15(2,3)22-14(21)19(4)7-5-6-13(20)18-12-8-11(16)9-17-10-12/h8-10H,5-7H2,1-4H3,(H,18,20). The maximum absolute atomic E-state index is 11.8.